The summed E-state index contributed by atoms with van der Waals surface area (Å²) in [7, 11) is 0. The zero-order chi connectivity index (χ0) is 13.4. The van der Waals surface area contributed by atoms with E-state index in [-0.39, 0.29) is 17.1 Å². The highest BCUT2D eigenvalue weighted by Gasteiger charge is 2.11. The van der Waals surface area contributed by atoms with Crippen molar-refractivity contribution in [2.75, 3.05) is 0 Å². The van der Waals surface area contributed by atoms with E-state index in [0.29, 0.717) is 15.9 Å². The first-order valence-corrected chi connectivity index (χ1v) is 7.01. The van der Waals surface area contributed by atoms with Gasteiger partial charge in [-0.05, 0) is 11.4 Å². The third kappa shape index (κ3) is 2.15. The van der Waals surface area contributed by atoms with Gasteiger partial charge in [-0.3, -0.25) is 9.36 Å². The molecule has 3 rings (SSSR count). The molecule has 3 aromatic heterocycles. The van der Waals surface area contributed by atoms with Crippen LogP contribution in [0.2, 0.25) is 0 Å². The molecule has 0 aromatic carbocycles. The molecule has 1 N–H and O–H groups in total. The van der Waals surface area contributed by atoms with Gasteiger partial charge in [0.25, 0.3) is 5.56 Å². The average molecular weight is 293 g/mol. The number of aromatic carboxylic acids is 1. The topological polar surface area (TPSA) is 85.1 Å². The smallest absolute Gasteiger partial charge is 0.365 e. The highest BCUT2D eigenvalue weighted by molar-refractivity contribution is 7.16. The fourth-order valence-electron chi connectivity index (χ4n) is 1.66. The second-order valence-corrected chi connectivity index (χ2v) is 5.52. The van der Waals surface area contributed by atoms with Gasteiger partial charge in [0.05, 0.1) is 24.0 Å². The molecule has 0 atom stereocenters. The third-order valence-corrected chi connectivity index (χ3v) is 4.22. The van der Waals surface area contributed by atoms with Crippen LogP contribution in [0.25, 0.3) is 10.2 Å². The molecule has 0 saturated carbocycles. The summed E-state index contributed by atoms with van der Waals surface area (Å²) in [5.74, 6) is -1.06. The van der Waals surface area contributed by atoms with Crippen LogP contribution in [-0.2, 0) is 6.54 Å². The molecule has 0 aliphatic rings. The normalized spacial score (nSPS) is 10.9. The molecule has 0 bridgehead atoms. The monoisotopic (exact) mass is 293 g/mol. The van der Waals surface area contributed by atoms with Crippen molar-refractivity contribution < 1.29 is 9.90 Å². The highest BCUT2D eigenvalue weighted by atomic mass is 32.1. The predicted octanol–water partition coefficient (Wildman–Crippen LogP) is 1.66. The molecule has 0 amide bonds. The van der Waals surface area contributed by atoms with E-state index in [0.717, 1.165) is 11.3 Å². The largest absolute Gasteiger partial charge is 0.476 e. The van der Waals surface area contributed by atoms with Crippen LogP contribution in [0.1, 0.15) is 15.5 Å². The average Bonchev–Trinajstić information content (AvgIpc) is 3.01. The number of aromatic nitrogens is 3. The molecular weight excluding hydrogens is 286 g/mol. The summed E-state index contributed by atoms with van der Waals surface area (Å²) in [5, 5.41) is 12.8. The molecule has 0 fully saturated rings. The highest BCUT2D eigenvalue weighted by Crippen LogP contribution is 2.14. The van der Waals surface area contributed by atoms with Crippen LogP contribution in [0.4, 0.5) is 0 Å². The van der Waals surface area contributed by atoms with Gasteiger partial charge in [-0.25, -0.2) is 14.8 Å². The molecule has 0 unspecified atom stereocenters. The number of rotatable bonds is 3. The van der Waals surface area contributed by atoms with E-state index < -0.39 is 5.97 Å². The molecule has 96 valence electrons. The number of hydrogen-bond donors (Lipinski definition) is 1. The lowest BCUT2D eigenvalue weighted by atomic mass is 10.4. The first-order valence-electron chi connectivity index (χ1n) is 5.25. The number of thiazole rings is 1. The van der Waals surface area contributed by atoms with E-state index in [9.17, 15) is 9.59 Å². The van der Waals surface area contributed by atoms with E-state index in [2.05, 4.69) is 9.97 Å². The van der Waals surface area contributed by atoms with Gasteiger partial charge in [0.1, 0.15) is 4.83 Å². The first-order chi connectivity index (χ1) is 9.15. The summed E-state index contributed by atoms with van der Waals surface area (Å²) < 4.78 is 1.43. The van der Waals surface area contributed by atoms with Crippen LogP contribution in [0.5, 0.6) is 0 Å². The summed E-state index contributed by atoms with van der Waals surface area (Å²) in [6.07, 6.45) is 1.46. The zero-order valence-electron chi connectivity index (χ0n) is 9.44. The standard InChI is InChI=1S/C11H7N3O3S2/c15-10-7-1-2-18-8(7)12-5-14(10)3-6-4-19-9(13-6)11(16)17/h1-2,4-5H,3H2,(H,16,17). The molecule has 19 heavy (non-hydrogen) atoms. The number of fused-ring (bicyclic) bond motifs is 1. The molecule has 3 heterocycles. The van der Waals surface area contributed by atoms with Gasteiger partial charge in [0.15, 0.2) is 0 Å². The molecule has 0 aliphatic heterocycles. The van der Waals surface area contributed by atoms with Crippen LogP contribution < -0.4 is 5.56 Å². The van der Waals surface area contributed by atoms with Gasteiger partial charge in [-0.2, -0.15) is 0 Å². The Morgan fingerprint density at radius 2 is 2.26 bits per heavy atom. The van der Waals surface area contributed by atoms with Gasteiger partial charge in [0, 0.05) is 5.38 Å². The van der Waals surface area contributed by atoms with Crippen LogP contribution >= 0.6 is 22.7 Å². The maximum Gasteiger partial charge on any atom is 0.365 e. The minimum atomic E-state index is -1.06. The zero-order valence-corrected chi connectivity index (χ0v) is 11.1. The number of thiophene rings is 1. The molecule has 0 radical (unpaired) electrons. The predicted molar refractivity (Wildman–Crippen MR) is 72.1 cm³/mol. The fourth-order valence-corrected chi connectivity index (χ4v) is 3.03. The Kier molecular flexibility index (Phi) is 2.88. The van der Waals surface area contributed by atoms with Crippen molar-refractivity contribution >= 4 is 38.9 Å². The van der Waals surface area contributed by atoms with Gasteiger partial charge in [-0.15, -0.1) is 22.7 Å². The minimum Gasteiger partial charge on any atom is -0.476 e. The van der Waals surface area contributed by atoms with Crippen LogP contribution in [-0.4, -0.2) is 25.6 Å². The van der Waals surface area contributed by atoms with E-state index >= 15 is 0 Å². The number of hydrogen-bond acceptors (Lipinski definition) is 6. The summed E-state index contributed by atoms with van der Waals surface area (Å²) in [5.41, 5.74) is 0.400. The van der Waals surface area contributed by atoms with Crippen molar-refractivity contribution in [3.63, 3.8) is 0 Å². The molecule has 3 aromatic rings. The molecule has 0 saturated heterocycles. The number of carboxylic acid groups (broad SMARTS) is 1. The van der Waals surface area contributed by atoms with E-state index in [1.807, 2.05) is 5.38 Å². The van der Waals surface area contributed by atoms with Crippen molar-refractivity contribution in [1.29, 1.82) is 0 Å². The molecule has 8 heteroatoms. The second kappa shape index (κ2) is 4.56. The summed E-state index contributed by atoms with van der Waals surface area (Å²) in [6.45, 7) is 0.224. The Morgan fingerprint density at radius 1 is 1.42 bits per heavy atom. The van der Waals surface area contributed by atoms with E-state index in [1.54, 1.807) is 11.4 Å². The van der Waals surface area contributed by atoms with Crippen molar-refractivity contribution in [2.45, 2.75) is 6.54 Å². The second-order valence-electron chi connectivity index (χ2n) is 3.77. The van der Waals surface area contributed by atoms with Crippen molar-refractivity contribution in [1.82, 2.24) is 14.5 Å². The SMILES string of the molecule is O=C(O)c1nc(Cn2cnc3sccc3c2=O)cs1. The Morgan fingerprint density at radius 3 is 3.00 bits per heavy atom. The Hall–Kier alpha value is -2.06. The maximum absolute atomic E-state index is 12.1. The molecule has 6 nitrogen and oxygen atoms in total. The van der Waals surface area contributed by atoms with Gasteiger partial charge >= 0.3 is 5.97 Å². The lowest BCUT2D eigenvalue weighted by molar-refractivity contribution is 0.0696. The van der Waals surface area contributed by atoms with Gasteiger partial charge < -0.3 is 5.11 Å². The van der Waals surface area contributed by atoms with Gasteiger partial charge in [-0.1, -0.05) is 0 Å². The summed E-state index contributed by atoms with van der Waals surface area (Å²) in [4.78, 5) is 31.7. The van der Waals surface area contributed by atoms with Crippen LogP contribution in [0.15, 0.2) is 27.9 Å². The number of nitrogens with zero attached hydrogens (tertiary/aromatic N) is 3. The Bertz CT molecular complexity index is 818. The van der Waals surface area contributed by atoms with Crippen molar-refractivity contribution in [3.05, 3.63) is 44.2 Å². The first kappa shape index (κ1) is 12.0. The summed E-state index contributed by atoms with van der Waals surface area (Å²) >= 11 is 2.45. The fraction of sp³-hybridized carbons (Fsp3) is 0.0909. The van der Waals surface area contributed by atoms with Gasteiger partial charge in [0.2, 0.25) is 5.01 Å². The van der Waals surface area contributed by atoms with E-state index in [4.69, 9.17) is 5.11 Å². The Balaban J connectivity index is 1.98. The lowest BCUT2D eigenvalue weighted by Gasteiger charge is -2.01. The minimum absolute atomic E-state index is 0.0209. The third-order valence-electron chi connectivity index (χ3n) is 2.52. The molecule has 0 aliphatic carbocycles. The molecule has 0 spiro atoms. The van der Waals surface area contributed by atoms with E-state index in [1.165, 1.54) is 22.2 Å². The lowest BCUT2D eigenvalue weighted by Crippen LogP contribution is -2.20. The number of carbonyl (C=O) groups is 1. The molecular formula is C11H7N3O3S2. The van der Waals surface area contributed by atoms with Crippen molar-refractivity contribution in [2.24, 2.45) is 0 Å². The van der Waals surface area contributed by atoms with Crippen molar-refractivity contribution in [3.8, 4) is 0 Å². The van der Waals surface area contributed by atoms with Crippen LogP contribution in [0, 0.1) is 0 Å². The summed E-state index contributed by atoms with van der Waals surface area (Å²) in [6, 6.07) is 1.73. The maximum atomic E-state index is 12.1. The quantitative estimate of drug-likeness (QED) is 0.793. The Labute approximate surface area is 114 Å². The van der Waals surface area contributed by atoms with Crippen LogP contribution in [0.3, 0.4) is 0 Å². The number of carboxylic acids is 1.